The molecule has 0 aliphatic rings. The zero-order chi connectivity index (χ0) is 15.7. The third-order valence-electron chi connectivity index (χ3n) is 3.30. The summed E-state index contributed by atoms with van der Waals surface area (Å²) in [5.74, 6) is -0.282. The molecule has 5 nitrogen and oxygen atoms in total. The average molecular weight is 315 g/mol. The molecule has 2 aromatic carbocycles. The minimum absolute atomic E-state index is 0.203. The van der Waals surface area contributed by atoms with Crippen molar-refractivity contribution < 1.29 is 14.3 Å². The number of aromatic nitrogens is 2. The molecule has 6 heteroatoms. The zero-order valence-electron chi connectivity index (χ0n) is 11.6. The maximum Gasteiger partial charge on any atom is 0.335 e. The number of hydrogen-bond acceptors (Lipinski definition) is 4. The summed E-state index contributed by atoms with van der Waals surface area (Å²) in [6, 6.07) is 11.7. The Labute approximate surface area is 131 Å². The highest BCUT2D eigenvalue weighted by atomic mass is 35.5. The SMILES string of the molecule is Cc1c(Cl)cccc1-c1nnc(-c2ccc(C(=O)O)cc2)o1. The van der Waals surface area contributed by atoms with Crippen molar-refractivity contribution in [3.63, 3.8) is 0 Å². The Morgan fingerprint density at radius 3 is 2.45 bits per heavy atom. The van der Waals surface area contributed by atoms with Crippen molar-refractivity contribution >= 4 is 17.6 Å². The number of benzene rings is 2. The summed E-state index contributed by atoms with van der Waals surface area (Å²) in [4.78, 5) is 10.8. The molecule has 3 rings (SSSR count). The second-order valence-corrected chi connectivity index (χ2v) is 5.11. The predicted octanol–water partition coefficient (Wildman–Crippen LogP) is 4.06. The van der Waals surface area contributed by atoms with E-state index in [-0.39, 0.29) is 5.56 Å². The molecule has 0 spiro atoms. The fourth-order valence-corrected chi connectivity index (χ4v) is 2.22. The van der Waals surface area contributed by atoms with Crippen molar-refractivity contribution in [2.24, 2.45) is 0 Å². The number of rotatable bonds is 3. The van der Waals surface area contributed by atoms with Gasteiger partial charge in [0.15, 0.2) is 0 Å². The first-order valence-corrected chi connectivity index (χ1v) is 6.87. The summed E-state index contributed by atoms with van der Waals surface area (Å²) < 4.78 is 5.66. The number of nitrogens with zero attached hydrogens (tertiary/aromatic N) is 2. The van der Waals surface area contributed by atoms with Gasteiger partial charge in [0, 0.05) is 16.1 Å². The van der Waals surface area contributed by atoms with Crippen LogP contribution in [0.4, 0.5) is 0 Å². The third-order valence-corrected chi connectivity index (χ3v) is 3.71. The monoisotopic (exact) mass is 314 g/mol. The number of carbonyl (C=O) groups is 1. The highest BCUT2D eigenvalue weighted by molar-refractivity contribution is 6.31. The topological polar surface area (TPSA) is 76.2 Å². The van der Waals surface area contributed by atoms with E-state index in [0.29, 0.717) is 22.4 Å². The molecule has 1 N–H and O–H groups in total. The van der Waals surface area contributed by atoms with E-state index >= 15 is 0 Å². The van der Waals surface area contributed by atoms with Gasteiger partial charge in [-0.1, -0.05) is 17.7 Å². The summed E-state index contributed by atoms with van der Waals surface area (Å²) in [7, 11) is 0. The van der Waals surface area contributed by atoms with Crippen LogP contribution < -0.4 is 0 Å². The van der Waals surface area contributed by atoms with Gasteiger partial charge in [-0.2, -0.15) is 0 Å². The first kappa shape index (κ1) is 14.3. The van der Waals surface area contributed by atoms with E-state index < -0.39 is 5.97 Å². The van der Waals surface area contributed by atoms with Crippen LogP contribution in [0.3, 0.4) is 0 Å². The predicted molar refractivity (Wildman–Crippen MR) is 81.9 cm³/mol. The van der Waals surface area contributed by atoms with Crippen LogP contribution in [-0.2, 0) is 0 Å². The van der Waals surface area contributed by atoms with Crippen molar-refractivity contribution in [2.75, 3.05) is 0 Å². The number of carboxylic acids is 1. The highest BCUT2D eigenvalue weighted by Crippen LogP contribution is 2.29. The van der Waals surface area contributed by atoms with Crippen molar-refractivity contribution in [3.8, 4) is 22.9 Å². The number of aromatic carboxylic acids is 1. The lowest BCUT2D eigenvalue weighted by Gasteiger charge is -2.02. The van der Waals surface area contributed by atoms with Gasteiger partial charge in [-0.15, -0.1) is 10.2 Å². The number of halogens is 1. The van der Waals surface area contributed by atoms with E-state index in [0.717, 1.165) is 11.1 Å². The lowest BCUT2D eigenvalue weighted by atomic mass is 10.1. The Hall–Kier alpha value is -2.66. The van der Waals surface area contributed by atoms with Crippen molar-refractivity contribution in [1.29, 1.82) is 0 Å². The average Bonchev–Trinajstić information content (AvgIpc) is 3.00. The van der Waals surface area contributed by atoms with Crippen LogP contribution in [0.25, 0.3) is 22.9 Å². The van der Waals surface area contributed by atoms with Gasteiger partial charge in [0.05, 0.1) is 5.56 Å². The van der Waals surface area contributed by atoms with E-state index in [1.807, 2.05) is 19.1 Å². The molecule has 22 heavy (non-hydrogen) atoms. The third kappa shape index (κ3) is 2.58. The molecular formula is C16H11ClN2O3. The van der Waals surface area contributed by atoms with Crippen LogP contribution in [0, 0.1) is 6.92 Å². The van der Waals surface area contributed by atoms with Crippen LogP contribution in [-0.4, -0.2) is 21.3 Å². The molecule has 3 aromatic rings. The summed E-state index contributed by atoms with van der Waals surface area (Å²) in [6.07, 6.45) is 0. The molecule has 0 fully saturated rings. The number of carboxylic acid groups (broad SMARTS) is 1. The summed E-state index contributed by atoms with van der Waals surface area (Å²) >= 11 is 6.09. The number of hydrogen-bond donors (Lipinski definition) is 1. The summed E-state index contributed by atoms with van der Waals surface area (Å²) in [5.41, 5.74) is 2.49. The van der Waals surface area contributed by atoms with Crippen molar-refractivity contribution in [2.45, 2.75) is 6.92 Å². The maximum absolute atomic E-state index is 10.8. The van der Waals surface area contributed by atoms with Gasteiger partial charge in [-0.05, 0) is 48.9 Å². The second-order valence-electron chi connectivity index (χ2n) is 4.71. The fraction of sp³-hybridized carbons (Fsp3) is 0.0625. The van der Waals surface area contributed by atoms with Crippen molar-refractivity contribution in [1.82, 2.24) is 10.2 Å². The fourth-order valence-electron chi connectivity index (χ4n) is 2.04. The molecule has 110 valence electrons. The molecular weight excluding hydrogens is 304 g/mol. The Bertz CT molecular complexity index is 841. The first-order valence-electron chi connectivity index (χ1n) is 6.49. The zero-order valence-corrected chi connectivity index (χ0v) is 12.3. The molecule has 0 amide bonds. The largest absolute Gasteiger partial charge is 0.478 e. The molecule has 0 unspecified atom stereocenters. The van der Waals surface area contributed by atoms with Gasteiger partial charge in [-0.25, -0.2) is 4.79 Å². The summed E-state index contributed by atoms with van der Waals surface area (Å²) in [5, 5.41) is 17.6. The van der Waals surface area contributed by atoms with E-state index in [2.05, 4.69) is 10.2 Å². The van der Waals surface area contributed by atoms with Gasteiger partial charge >= 0.3 is 5.97 Å². The molecule has 0 saturated heterocycles. The van der Waals surface area contributed by atoms with E-state index in [9.17, 15) is 4.79 Å². The molecule has 0 atom stereocenters. The summed E-state index contributed by atoms with van der Waals surface area (Å²) in [6.45, 7) is 1.88. The second kappa shape index (κ2) is 5.61. The molecule has 0 aliphatic carbocycles. The smallest absolute Gasteiger partial charge is 0.335 e. The molecule has 0 saturated carbocycles. The highest BCUT2D eigenvalue weighted by Gasteiger charge is 2.14. The first-order chi connectivity index (χ1) is 10.6. The van der Waals surface area contributed by atoms with E-state index in [1.165, 1.54) is 12.1 Å². The quantitative estimate of drug-likeness (QED) is 0.788. The molecule has 0 radical (unpaired) electrons. The van der Waals surface area contributed by atoms with Crippen LogP contribution in [0.2, 0.25) is 5.02 Å². The molecule has 1 heterocycles. The van der Waals surface area contributed by atoms with Crippen molar-refractivity contribution in [3.05, 3.63) is 58.6 Å². The Morgan fingerprint density at radius 2 is 1.77 bits per heavy atom. The van der Waals surface area contributed by atoms with E-state index in [1.54, 1.807) is 18.2 Å². The molecule has 0 aliphatic heterocycles. The Morgan fingerprint density at radius 1 is 1.09 bits per heavy atom. The standard InChI is InChI=1S/C16H11ClN2O3/c1-9-12(3-2-4-13(9)17)15-19-18-14(22-15)10-5-7-11(8-6-10)16(20)21/h2-8H,1H3,(H,20,21). The molecule has 1 aromatic heterocycles. The van der Waals surface area contributed by atoms with Gasteiger partial charge in [0.25, 0.3) is 0 Å². The Kier molecular flexibility index (Phi) is 3.65. The minimum atomic E-state index is -0.979. The van der Waals surface area contributed by atoms with Gasteiger partial charge in [0.2, 0.25) is 11.8 Å². The lowest BCUT2D eigenvalue weighted by molar-refractivity contribution is 0.0697. The maximum atomic E-state index is 10.8. The van der Waals surface area contributed by atoms with Gasteiger partial charge < -0.3 is 9.52 Å². The van der Waals surface area contributed by atoms with E-state index in [4.69, 9.17) is 21.1 Å². The minimum Gasteiger partial charge on any atom is -0.478 e. The van der Waals surface area contributed by atoms with Gasteiger partial charge in [0.1, 0.15) is 0 Å². The normalized spacial score (nSPS) is 10.6. The van der Waals surface area contributed by atoms with Crippen LogP contribution in [0.1, 0.15) is 15.9 Å². The van der Waals surface area contributed by atoms with Crippen LogP contribution in [0.15, 0.2) is 46.9 Å². The van der Waals surface area contributed by atoms with Gasteiger partial charge in [-0.3, -0.25) is 0 Å². The lowest BCUT2D eigenvalue weighted by Crippen LogP contribution is -1.94. The van der Waals surface area contributed by atoms with Crippen LogP contribution >= 0.6 is 11.6 Å². The Balaban J connectivity index is 1.97. The molecule has 0 bridgehead atoms. The van der Waals surface area contributed by atoms with Crippen LogP contribution in [0.5, 0.6) is 0 Å².